The number of nitrogens with zero attached hydrogens (tertiary/aromatic N) is 2. The third-order valence-electron chi connectivity index (χ3n) is 8.86. The van der Waals surface area contributed by atoms with Crippen molar-refractivity contribution >= 4 is 52.6 Å². The molecule has 258 valence electrons. The molecule has 4 rings (SSSR count). The summed E-state index contributed by atoms with van der Waals surface area (Å²) in [5.74, 6) is -1.89. The van der Waals surface area contributed by atoms with Crippen molar-refractivity contribution in [3.8, 4) is 0 Å². The number of ether oxygens (including phenoxy) is 1. The van der Waals surface area contributed by atoms with Crippen molar-refractivity contribution in [2.75, 3.05) is 19.7 Å². The van der Waals surface area contributed by atoms with Crippen LogP contribution < -0.4 is 15.4 Å². The fourth-order valence-electron chi connectivity index (χ4n) is 5.96. The number of carboxylic acids is 1. The molecule has 2 fully saturated rings. The summed E-state index contributed by atoms with van der Waals surface area (Å²) in [5.41, 5.74) is 1.98. The Labute approximate surface area is 280 Å². The molecule has 13 heteroatoms. The monoisotopic (exact) mass is 671 g/mol. The molecular formula is C34H49N5O7S. The number of carbonyl (C=O) groups is 5. The number of hydrogen-bond donors (Lipinski definition) is 4. The second kappa shape index (κ2) is 16.4. The van der Waals surface area contributed by atoms with Gasteiger partial charge < -0.3 is 29.9 Å². The molecule has 0 spiro atoms. The Morgan fingerprint density at radius 1 is 1.13 bits per heavy atom. The quantitative estimate of drug-likeness (QED) is 0.141. The first kappa shape index (κ1) is 36.1. The zero-order chi connectivity index (χ0) is 34.1. The summed E-state index contributed by atoms with van der Waals surface area (Å²) in [6.45, 7) is 6.29. The average molecular weight is 672 g/mol. The normalized spacial score (nSPS) is 16.9. The second-order valence-electron chi connectivity index (χ2n) is 13.4. The lowest BCUT2D eigenvalue weighted by Gasteiger charge is -2.27. The Morgan fingerprint density at radius 2 is 1.89 bits per heavy atom. The highest BCUT2D eigenvalue weighted by atomic mass is 32.2. The van der Waals surface area contributed by atoms with Crippen LogP contribution in [0.25, 0.3) is 10.9 Å². The molecule has 1 aliphatic carbocycles. The van der Waals surface area contributed by atoms with Gasteiger partial charge in [-0.15, -0.1) is 0 Å². The first-order chi connectivity index (χ1) is 22.4. The number of unbranched alkanes of at least 4 members (excludes halogenated alkanes) is 1. The number of carbonyl (C=O) groups excluding carboxylic acids is 4. The molecule has 1 aromatic heterocycles. The molecule has 0 radical (unpaired) electrons. The SMILES string of the molecule is CCCC(NC(=O)C1CCCN1C(=O)CNC(=O)OCC(C)(C)CCCCc1cccc2c1cc(C(=O)O)n2C)C(=O)NSC1CC1. The highest BCUT2D eigenvalue weighted by molar-refractivity contribution is 7.98. The lowest BCUT2D eigenvalue weighted by atomic mass is 9.87. The topological polar surface area (TPSA) is 159 Å². The van der Waals surface area contributed by atoms with E-state index in [-0.39, 0.29) is 42.0 Å². The summed E-state index contributed by atoms with van der Waals surface area (Å²) >= 11 is 1.41. The van der Waals surface area contributed by atoms with Crippen LogP contribution in [0.15, 0.2) is 24.3 Å². The van der Waals surface area contributed by atoms with Gasteiger partial charge in [0.2, 0.25) is 11.8 Å². The molecule has 2 aliphatic rings. The summed E-state index contributed by atoms with van der Waals surface area (Å²) in [6.07, 6.45) is 7.28. The van der Waals surface area contributed by atoms with Crippen molar-refractivity contribution in [3.63, 3.8) is 0 Å². The Hall–Kier alpha value is -3.74. The number of nitrogens with one attached hydrogen (secondary N) is 3. The van der Waals surface area contributed by atoms with Crippen LogP contribution in [0.5, 0.6) is 0 Å². The minimum absolute atomic E-state index is 0.178. The fraction of sp³-hybridized carbons (Fsp3) is 0.618. The van der Waals surface area contributed by atoms with Crippen LogP contribution in [-0.2, 0) is 32.6 Å². The number of carboxylic acid groups (broad SMARTS) is 1. The zero-order valence-electron chi connectivity index (χ0n) is 27.9. The molecule has 47 heavy (non-hydrogen) atoms. The van der Waals surface area contributed by atoms with Crippen molar-refractivity contribution in [1.29, 1.82) is 0 Å². The van der Waals surface area contributed by atoms with Crippen LogP contribution in [0.4, 0.5) is 4.79 Å². The Bertz CT molecular complexity index is 1450. The van der Waals surface area contributed by atoms with Crippen LogP contribution >= 0.6 is 11.9 Å². The third kappa shape index (κ3) is 10.1. The van der Waals surface area contributed by atoms with Gasteiger partial charge in [-0.05, 0) is 86.4 Å². The highest BCUT2D eigenvalue weighted by Gasteiger charge is 2.36. The minimum atomic E-state index is -0.950. The Kier molecular flexibility index (Phi) is 12.6. The zero-order valence-corrected chi connectivity index (χ0v) is 28.7. The number of likely N-dealkylation sites (tertiary alicyclic amines) is 1. The standard InChI is InChI=1S/C34H49N5O7S/c1-5-10-25(30(41)37-47-23-15-16-23)36-31(42)27-14-9-18-39(27)29(40)20-35-33(45)46-21-34(2,3)17-7-6-11-22-12-8-13-26-24(22)19-28(32(43)44)38(26)4/h8,12-13,19,23,25,27H,5-7,9-11,14-18,20-21H2,1-4H3,(H,35,45)(H,36,42)(H,37,41)(H,43,44). The number of aromatic carboxylic acids is 1. The molecular weight excluding hydrogens is 622 g/mol. The minimum Gasteiger partial charge on any atom is -0.477 e. The number of alkyl carbamates (subject to hydrolysis) is 1. The fourth-order valence-corrected chi connectivity index (χ4v) is 6.76. The first-order valence-electron chi connectivity index (χ1n) is 16.7. The summed E-state index contributed by atoms with van der Waals surface area (Å²) in [6, 6.07) is 6.29. The third-order valence-corrected chi connectivity index (χ3v) is 9.98. The molecule has 4 amide bonds. The lowest BCUT2D eigenvalue weighted by Crippen LogP contribution is -2.53. The number of benzene rings is 1. The van der Waals surface area contributed by atoms with Gasteiger partial charge >= 0.3 is 12.1 Å². The predicted octanol–water partition coefficient (Wildman–Crippen LogP) is 4.54. The summed E-state index contributed by atoms with van der Waals surface area (Å²) in [5, 5.41) is 16.2. The maximum atomic E-state index is 13.1. The number of aryl methyl sites for hydroxylation is 2. The van der Waals surface area contributed by atoms with E-state index in [9.17, 15) is 29.1 Å². The van der Waals surface area contributed by atoms with Crippen molar-refractivity contribution in [2.45, 2.75) is 102 Å². The van der Waals surface area contributed by atoms with Crippen molar-refractivity contribution in [1.82, 2.24) is 24.8 Å². The molecule has 2 aromatic rings. The number of rotatable bonds is 17. The van der Waals surface area contributed by atoms with Gasteiger partial charge in [-0.25, -0.2) is 9.59 Å². The molecule has 12 nitrogen and oxygen atoms in total. The average Bonchev–Trinajstić information content (AvgIpc) is 3.62. The maximum absolute atomic E-state index is 13.1. The van der Waals surface area contributed by atoms with Crippen molar-refractivity contribution in [2.24, 2.45) is 12.5 Å². The van der Waals surface area contributed by atoms with Gasteiger partial charge in [0.1, 0.15) is 24.3 Å². The first-order valence-corrected chi connectivity index (χ1v) is 17.5. The predicted molar refractivity (Wildman–Crippen MR) is 181 cm³/mol. The highest BCUT2D eigenvalue weighted by Crippen LogP contribution is 2.32. The van der Waals surface area contributed by atoms with Crippen LogP contribution in [0.1, 0.15) is 94.6 Å². The van der Waals surface area contributed by atoms with Gasteiger partial charge in [-0.1, -0.05) is 45.7 Å². The Morgan fingerprint density at radius 3 is 2.60 bits per heavy atom. The van der Waals surface area contributed by atoms with Crippen molar-refractivity contribution < 1.29 is 33.8 Å². The number of amides is 4. The van der Waals surface area contributed by atoms with E-state index in [1.807, 2.05) is 39.0 Å². The number of aromatic nitrogens is 1. The van der Waals surface area contributed by atoms with Crippen LogP contribution in [0.2, 0.25) is 0 Å². The van der Waals surface area contributed by atoms with Crippen molar-refractivity contribution in [3.05, 3.63) is 35.5 Å². The van der Waals surface area contributed by atoms with Gasteiger partial charge in [-0.3, -0.25) is 19.1 Å². The molecule has 2 unspecified atom stereocenters. The molecule has 0 bridgehead atoms. The second-order valence-corrected chi connectivity index (χ2v) is 14.5. The van der Waals surface area contributed by atoms with Gasteiger partial charge in [-0.2, -0.15) is 0 Å². The molecule has 2 atom stereocenters. The molecule has 1 saturated carbocycles. The van der Waals surface area contributed by atoms with Gasteiger partial charge in [0.05, 0.1) is 6.61 Å². The van der Waals surface area contributed by atoms with E-state index in [1.165, 1.54) is 16.8 Å². The smallest absolute Gasteiger partial charge is 0.407 e. The van der Waals surface area contributed by atoms with Gasteiger partial charge in [0.15, 0.2) is 0 Å². The lowest BCUT2D eigenvalue weighted by molar-refractivity contribution is -0.138. The van der Waals surface area contributed by atoms with Gasteiger partial charge in [0.25, 0.3) is 5.91 Å². The molecule has 1 aromatic carbocycles. The summed E-state index contributed by atoms with van der Waals surface area (Å²) in [7, 11) is 1.76. The van der Waals surface area contributed by atoms with E-state index in [1.54, 1.807) is 17.7 Å². The largest absolute Gasteiger partial charge is 0.477 e. The molecule has 1 aliphatic heterocycles. The van der Waals surface area contributed by atoms with E-state index >= 15 is 0 Å². The van der Waals surface area contributed by atoms with E-state index < -0.39 is 24.1 Å². The van der Waals surface area contributed by atoms with E-state index in [2.05, 4.69) is 15.4 Å². The van der Waals surface area contributed by atoms with E-state index in [0.717, 1.165) is 61.4 Å². The van der Waals surface area contributed by atoms with Crippen LogP contribution in [-0.4, -0.2) is 81.4 Å². The molecule has 1 saturated heterocycles. The van der Waals surface area contributed by atoms with Gasteiger partial charge in [0, 0.05) is 29.7 Å². The van der Waals surface area contributed by atoms with Crippen LogP contribution in [0.3, 0.4) is 0 Å². The van der Waals surface area contributed by atoms with E-state index in [4.69, 9.17) is 4.74 Å². The van der Waals surface area contributed by atoms with E-state index in [0.29, 0.717) is 31.1 Å². The Balaban J connectivity index is 1.17. The summed E-state index contributed by atoms with van der Waals surface area (Å²) in [4.78, 5) is 64.2. The van der Waals surface area contributed by atoms with Crippen LogP contribution in [0, 0.1) is 5.41 Å². The molecule has 4 N–H and O–H groups in total. The number of hydrogen-bond acceptors (Lipinski definition) is 7. The molecule has 2 heterocycles. The summed E-state index contributed by atoms with van der Waals surface area (Å²) < 4.78 is 10.00. The maximum Gasteiger partial charge on any atom is 0.407 e. The number of fused-ring (bicyclic) bond motifs is 1.